The molecule has 0 bridgehead atoms. The second-order valence-corrected chi connectivity index (χ2v) is 8.94. The summed E-state index contributed by atoms with van der Waals surface area (Å²) >= 11 is 0. The largest absolute Gasteiger partial charge is 0.302 e. The molecule has 0 aliphatic carbocycles. The number of sulfone groups is 1. The van der Waals surface area contributed by atoms with E-state index in [1.165, 1.54) is 9.58 Å². The summed E-state index contributed by atoms with van der Waals surface area (Å²) in [5, 5.41) is 0. The monoisotopic (exact) mass is 361 g/mol. The summed E-state index contributed by atoms with van der Waals surface area (Å²) in [6, 6.07) is 8.74. The normalized spacial score (nSPS) is 24.7. The van der Waals surface area contributed by atoms with Crippen LogP contribution in [0.5, 0.6) is 0 Å². The Labute approximate surface area is 145 Å². The van der Waals surface area contributed by atoms with Gasteiger partial charge in [0.05, 0.1) is 28.9 Å². The fourth-order valence-electron chi connectivity index (χ4n) is 4.01. The molecule has 0 radical (unpaired) electrons. The fourth-order valence-corrected chi connectivity index (χ4v) is 6.08. The van der Waals surface area contributed by atoms with Gasteiger partial charge in [-0.05, 0) is 19.1 Å². The van der Waals surface area contributed by atoms with Crippen LogP contribution in [-0.4, -0.2) is 41.2 Å². The number of hydrogen-bond acceptors (Lipinski definition) is 4. The van der Waals surface area contributed by atoms with Crippen LogP contribution in [0.2, 0.25) is 0 Å². The van der Waals surface area contributed by atoms with Gasteiger partial charge in [-0.3, -0.25) is 14.3 Å². The van der Waals surface area contributed by atoms with E-state index in [1.807, 2.05) is 30.3 Å². The fraction of sp³-hybridized carbons (Fsp3) is 0.412. The van der Waals surface area contributed by atoms with Gasteiger partial charge in [0.15, 0.2) is 9.84 Å². The molecule has 2 aromatic rings. The average Bonchev–Trinajstić information content (AvgIpc) is 3.07. The van der Waals surface area contributed by atoms with E-state index in [1.54, 1.807) is 18.7 Å². The molecule has 1 aromatic heterocycles. The second kappa shape index (κ2) is 5.32. The number of nitrogens with zero attached hydrogens (tertiary/aromatic N) is 3. The predicted octanol–water partition coefficient (Wildman–Crippen LogP) is 0.634. The number of carbonyl (C=O) groups is 1. The molecule has 4 rings (SSSR count). The molecule has 3 heterocycles. The lowest BCUT2D eigenvalue weighted by Crippen LogP contribution is -2.39. The van der Waals surface area contributed by atoms with E-state index in [4.69, 9.17) is 0 Å². The van der Waals surface area contributed by atoms with Crippen LogP contribution in [0, 0.1) is 12.8 Å². The van der Waals surface area contributed by atoms with Crippen molar-refractivity contribution in [1.29, 1.82) is 0 Å². The highest BCUT2D eigenvalue weighted by Gasteiger charge is 2.50. The third-order valence-electron chi connectivity index (χ3n) is 5.24. The highest BCUT2D eigenvalue weighted by atomic mass is 32.2. The lowest BCUT2D eigenvalue weighted by atomic mass is 10.1. The molecule has 1 aromatic carbocycles. The van der Waals surface area contributed by atoms with Crippen LogP contribution in [0.3, 0.4) is 0 Å². The number of rotatable bonds is 2. The second-order valence-electron chi connectivity index (χ2n) is 6.78. The summed E-state index contributed by atoms with van der Waals surface area (Å²) in [7, 11) is -1.40. The first-order chi connectivity index (χ1) is 11.8. The highest BCUT2D eigenvalue weighted by molar-refractivity contribution is 7.91. The van der Waals surface area contributed by atoms with Crippen LogP contribution in [0.4, 0.5) is 5.69 Å². The maximum Gasteiger partial charge on any atom is 0.295 e. The lowest BCUT2D eigenvalue weighted by Gasteiger charge is -2.21. The summed E-state index contributed by atoms with van der Waals surface area (Å²) in [4.78, 5) is 27.1. The van der Waals surface area contributed by atoms with Crippen molar-refractivity contribution in [3.05, 3.63) is 46.4 Å². The standard InChI is InChI=1S/C17H19N3O4S/c1-11-16(17(22)20(18(11)2)13-6-4-3-5-7-13)19-14-10-25(23,24)9-12(14)8-15(19)21/h3-7,12,14H,8-10H2,1-2H3. The van der Waals surface area contributed by atoms with Crippen molar-refractivity contribution >= 4 is 21.4 Å². The average molecular weight is 361 g/mol. The van der Waals surface area contributed by atoms with Crippen molar-refractivity contribution in [3.63, 3.8) is 0 Å². The molecule has 2 aliphatic rings. The molecule has 7 nitrogen and oxygen atoms in total. The van der Waals surface area contributed by atoms with Crippen molar-refractivity contribution in [3.8, 4) is 5.69 Å². The zero-order valence-electron chi connectivity index (χ0n) is 14.0. The third kappa shape index (κ3) is 2.35. The first-order valence-corrected chi connectivity index (χ1v) is 9.99. The minimum atomic E-state index is -3.16. The van der Waals surface area contributed by atoms with Crippen molar-refractivity contribution in [2.24, 2.45) is 13.0 Å². The number of anilines is 1. The van der Waals surface area contributed by atoms with E-state index in [0.717, 1.165) is 0 Å². The van der Waals surface area contributed by atoms with Crippen LogP contribution in [0.15, 0.2) is 35.1 Å². The quantitative estimate of drug-likeness (QED) is 0.786. The van der Waals surface area contributed by atoms with E-state index in [2.05, 4.69) is 0 Å². The van der Waals surface area contributed by atoms with Gasteiger partial charge in [-0.15, -0.1) is 0 Å². The number of aromatic nitrogens is 2. The molecule has 1 amide bonds. The third-order valence-corrected chi connectivity index (χ3v) is 7.02. The molecule has 2 unspecified atom stereocenters. The van der Waals surface area contributed by atoms with Crippen LogP contribution >= 0.6 is 0 Å². The van der Waals surface area contributed by atoms with Gasteiger partial charge in [0.25, 0.3) is 5.56 Å². The Balaban J connectivity index is 1.87. The van der Waals surface area contributed by atoms with Crippen molar-refractivity contribution in [2.45, 2.75) is 19.4 Å². The van der Waals surface area contributed by atoms with Gasteiger partial charge < -0.3 is 4.90 Å². The molecular weight excluding hydrogens is 342 g/mol. The Morgan fingerprint density at radius 1 is 1.08 bits per heavy atom. The number of benzene rings is 1. The Morgan fingerprint density at radius 3 is 2.44 bits per heavy atom. The minimum absolute atomic E-state index is 0.0265. The number of hydrogen-bond donors (Lipinski definition) is 0. The van der Waals surface area contributed by atoms with Crippen molar-refractivity contribution in [2.75, 3.05) is 16.4 Å². The zero-order chi connectivity index (χ0) is 17.9. The highest BCUT2D eigenvalue weighted by Crippen LogP contribution is 2.37. The summed E-state index contributed by atoms with van der Waals surface area (Å²) < 4.78 is 27.1. The molecule has 132 valence electrons. The molecule has 25 heavy (non-hydrogen) atoms. The van der Waals surface area contributed by atoms with Crippen molar-refractivity contribution in [1.82, 2.24) is 9.36 Å². The van der Waals surface area contributed by atoms with Gasteiger partial charge >= 0.3 is 0 Å². The molecule has 2 atom stereocenters. The van der Waals surface area contributed by atoms with Crippen LogP contribution in [0.1, 0.15) is 12.1 Å². The SMILES string of the molecule is Cc1c(N2C(=O)CC3CS(=O)(=O)CC32)c(=O)n(-c2ccccc2)n1C. The Bertz CT molecular complexity index is 1020. The first-order valence-electron chi connectivity index (χ1n) is 8.16. The van der Waals surface area contributed by atoms with E-state index < -0.39 is 15.9 Å². The molecule has 2 saturated heterocycles. The lowest BCUT2D eigenvalue weighted by molar-refractivity contribution is -0.117. The van der Waals surface area contributed by atoms with Gasteiger partial charge in [0.1, 0.15) is 5.69 Å². The molecule has 8 heteroatoms. The van der Waals surface area contributed by atoms with Gasteiger partial charge in [-0.25, -0.2) is 13.1 Å². The Hall–Kier alpha value is -2.35. The van der Waals surface area contributed by atoms with Gasteiger partial charge in [-0.1, -0.05) is 18.2 Å². The number of amides is 1. The molecular formula is C17H19N3O4S. The topological polar surface area (TPSA) is 81.4 Å². The smallest absolute Gasteiger partial charge is 0.295 e. The van der Waals surface area contributed by atoms with Gasteiger partial charge in [0, 0.05) is 19.4 Å². The Kier molecular flexibility index (Phi) is 3.44. The predicted molar refractivity (Wildman–Crippen MR) is 93.8 cm³/mol. The maximum atomic E-state index is 13.1. The number of carbonyl (C=O) groups excluding carboxylic acids is 1. The van der Waals surface area contributed by atoms with Crippen molar-refractivity contribution < 1.29 is 13.2 Å². The van der Waals surface area contributed by atoms with E-state index >= 15 is 0 Å². The van der Waals surface area contributed by atoms with E-state index in [-0.39, 0.29) is 35.3 Å². The molecule has 0 spiro atoms. The summed E-state index contributed by atoms with van der Waals surface area (Å²) in [6.07, 6.45) is 0.184. The molecule has 0 saturated carbocycles. The maximum absolute atomic E-state index is 13.1. The zero-order valence-corrected chi connectivity index (χ0v) is 14.9. The van der Waals surface area contributed by atoms with Gasteiger partial charge in [0.2, 0.25) is 5.91 Å². The van der Waals surface area contributed by atoms with Crippen LogP contribution in [-0.2, 0) is 21.7 Å². The molecule has 0 N–H and O–H groups in total. The first kappa shape index (κ1) is 16.1. The summed E-state index contributed by atoms with van der Waals surface area (Å²) in [6.45, 7) is 1.78. The van der Waals surface area contributed by atoms with Crippen LogP contribution < -0.4 is 10.5 Å². The molecule has 2 fully saturated rings. The Morgan fingerprint density at radius 2 is 1.76 bits per heavy atom. The summed E-state index contributed by atoms with van der Waals surface area (Å²) in [5.41, 5.74) is 1.34. The van der Waals surface area contributed by atoms with Gasteiger partial charge in [-0.2, -0.15) is 0 Å². The van der Waals surface area contributed by atoms with E-state index in [0.29, 0.717) is 17.1 Å². The summed E-state index contributed by atoms with van der Waals surface area (Å²) in [5.74, 6) is -0.432. The van der Waals surface area contributed by atoms with E-state index in [9.17, 15) is 18.0 Å². The van der Waals surface area contributed by atoms with Crippen LogP contribution in [0.25, 0.3) is 5.69 Å². The minimum Gasteiger partial charge on any atom is -0.302 e. The number of fused-ring (bicyclic) bond motifs is 1. The number of para-hydroxylation sites is 1. The molecule has 2 aliphatic heterocycles.